The predicted octanol–water partition coefficient (Wildman–Crippen LogP) is 2.99. The maximum absolute atomic E-state index is 10.8. The molecule has 1 rings (SSSR count). The summed E-state index contributed by atoms with van der Waals surface area (Å²) in [6.45, 7) is 0.786. The van der Waals surface area contributed by atoms with Gasteiger partial charge in [-0.05, 0) is 30.9 Å². The Hall–Kier alpha value is -0.940. The van der Waals surface area contributed by atoms with E-state index in [1.807, 2.05) is 11.8 Å². The normalized spacial score (nSPS) is 10.2. The second-order valence-corrected chi connectivity index (χ2v) is 4.87. The Bertz CT molecular complexity index is 388. The maximum atomic E-state index is 10.8. The summed E-state index contributed by atoms with van der Waals surface area (Å²) in [7, 11) is 0. The van der Waals surface area contributed by atoms with Crippen molar-refractivity contribution in [3.05, 3.63) is 22.8 Å². The minimum atomic E-state index is -1.04. The molecule has 0 radical (unpaired) electrons. The summed E-state index contributed by atoms with van der Waals surface area (Å²) in [4.78, 5) is 14.9. The number of nitrogens with one attached hydrogen (secondary N) is 1. The van der Waals surface area contributed by atoms with Crippen molar-refractivity contribution in [2.45, 2.75) is 12.8 Å². The molecule has 0 fully saturated rings. The number of carboxylic acids is 1. The number of anilines is 1. The van der Waals surface area contributed by atoms with Gasteiger partial charge in [0.1, 0.15) is 5.82 Å². The molecule has 0 aromatic carbocycles. The Morgan fingerprint density at radius 3 is 3.00 bits per heavy atom. The molecule has 0 aliphatic carbocycles. The molecule has 1 heterocycles. The van der Waals surface area contributed by atoms with Gasteiger partial charge in [0, 0.05) is 12.7 Å². The van der Waals surface area contributed by atoms with Crippen LogP contribution in [0.5, 0.6) is 0 Å². The van der Waals surface area contributed by atoms with Gasteiger partial charge in [0.2, 0.25) is 0 Å². The summed E-state index contributed by atoms with van der Waals surface area (Å²) >= 11 is 7.54. The summed E-state index contributed by atoms with van der Waals surface area (Å²) < 4.78 is 0. The molecule has 0 amide bonds. The minimum Gasteiger partial charge on any atom is -0.478 e. The number of unbranched alkanes of at least 4 members (excludes halogenated alkanes) is 1. The molecule has 4 nitrogen and oxygen atoms in total. The first kappa shape index (κ1) is 14.1. The third-order valence-electron chi connectivity index (χ3n) is 2.17. The van der Waals surface area contributed by atoms with Gasteiger partial charge in [0.05, 0.1) is 10.6 Å². The first-order chi connectivity index (χ1) is 8.15. The van der Waals surface area contributed by atoms with Gasteiger partial charge in [-0.25, -0.2) is 9.78 Å². The molecule has 2 N–H and O–H groups in total. The number of nitrogens with zero attached hydrogens (tertiary/aromatic N) is 1. The van der Waals surface area contributed by atoms with Gasteiger partial charge in [-0.3, -0.25) is 0 Å². The zero-order valence-electron chi connectivity index (χ0n) is 9.57. The maximum Gasteiger partial charge on any atom is 0.337 e. The van der Waals surface area contributed by atoms with Gasteiger partial charge in [-0.15, -0.1) is 0 Å². The van der Waals surface area contributed by atoms with E-state index in [0.717, 1.165) is 25.1 Å². The number of rotatable bonds is 7. The number of pyridine rings is 1. The fourth-order valence-corrected chi connectivity index (χ4v) is 1.96. The smallest absolute Gasteiger partial charge is 0.337 e. The lowest BCUT2D eigenvalue weighted by molar-refractivity contribution is 0.0697. The zero-order chi connectivity index (χ0) is 12.7. The highest BCUT2D eigenvalue weighted by molar-refractivity contribution is 7.98. The van der Waals surface area contributed by atoms with Gasteiger partial charge < -0.3 is 10.4 Å². The highest BCUT2D eigenvalue weighted by atomic mass is 35.5. The number of carboxylic acid groups (broad SMARTS) is 1. The molecule has 0 spiro atoms. The number of hydrogen-bond acceptors (Lipinski definition) is 4. The van der Waals surface area contributed by atoms with Gasteiger partial charge in [0.25, 0.3) is 0 Å². The number of aromatic carboxylic acids is 1. The van der Waals surface area contributed by atoms with Gasteiger partial charge in [0.15, 0.2) is 0 Å². The molecular formula is C11H15ClN2O2S. The van der Waals surface area contributed by atoms with E-state index < -0.39 is 5.97 Å². The Kier molecular flexibility index (Phi) is 6.15. The zero-order valence-corrected chi connectivity index (χ0v) is 11.1. The van der Waals surface area contributed by atoms with Crippen LogP contribution in [-0.2, 0) is 0 Å². The highest BCUT2D eigenvalue weighted by Gasteiger charge is 2.09. The standard InChI is InChI=1S/C11H15ClN2O2S/c1-17-5-3-2-4-13-10-6-8(11(15)16)9(12)7-14-10/h6-7H,2-5H2,1H3,(H,13,14)(H,15,16). The Labute approximate surface area is 110 Å². The predicted molar refractivity (Wildman–Crippen MR) is 72.3 cm³/mol. The monoisotopic (exact) mass is 274 g/mol. The second kappa shape index (κ2) is 7.40. The van der Waals surface area contributed by atoms with Crippen LogP contribution in [0.15, 0.2) is 12.3 Å². The van der Waals surface area contributed by atoms with Crippen molar-refractivity contribution in [3.63, 3.8) is 0 Å². The van der Waals surface area contributed by atoms with E-state index in [9.17, 15) is 4.79 Å². The number of halogens is 1. The topological polar surface area (TPSA) is 62.2 Å². The van der Waals surface area contributed by atoms with E-state index in [1.165, 1.54) is 12.3 Å². The van der Waals surface area contributed by atoms with E-state index in [0.29, 0.717) is 5.82 Å². The molecule has 0 saturated carbocycles. The number of carbonyl (C=O) groups is 1. The molecule has 0 aliphatic rings. The molecule has 0 saturated heterocycles. The average Bonchev–Trinajstić information content (AvgIpc) is 2.30. The largest absolute Gasteiger partial charge is 0.478 e. The summed E-state index contributed by atoms with van der Waals surface area (Å²) in [5, 5.41) is 12.1. The first-order valence-electron chi connectivity index (χ1n) is 5.27. The summed E-state index contributed by atoms with van der Waals surface area (Å²) in [6, 6.07) is 1.46. The molecule has 6 heteroatoms. The van der Waals surface area contributed by atoms with Crippen LogP contribution >= 0.6 is 23.4 Å². The van der Waals surface area contributed by atoms with E-state index in [4.69, 9.17) is 16.7 Å². The SMILES string of the molecule is CSCCCCNc1cc(C(=O)O)c(Cl)cn1. The highest BCUT2D eigenvalue weighted by Crippen LogP contribution is 2.17. The van der Waals surface area contributed by atoms with Crippen molar-refractivity contribution in [2.24, 2.45) is 0 Å². The van der Waals surface area contributed by atoms with Crippen molar-refractivity contribution in [1.82, 2.24) is 4.98 Å². The van der Waals surface area contributed by atoms with Crippen LogP contribution < -0.4 is 5.32 Å². The van der Waals surface area contributed by atoms with Crippen LogP contribution in [0.1, 0.15) is 23.2 Å². The molecule has 0 atom stereocenters. The van der Waals surface area contributed by atoms with E-state index >= 15 is 0 Å². The Balaban J connectivity index is 2.49. The van der Waals surface area contributed by atoms with Crippen LogP contribution in [0.2, 0.25) is 5.02 Å². The Morgan fingerprint density at radius 1 is 1.59 bits per heavy atom. The molecule has 0 bridgehead atoms. The number of aromatic nitrogens is 1. The molecule has 94 valence electrons. The molecule has 1 aromatic rings. The number of hydrogen-bond donors (Lipinski definition) is 2. The van der Waals surface area contributed by atoms with Crippen molar-refractivity contribution in [2.75, 3.05) is 23.9 Å². The van der Waals surface area contributed by atoms with E-state index in [1.54, 1.807) is 0 Å². The van der Waals surface area contributed by atoms with Gasteiger partial charge >= 0.3 is 5.97 Å². The van der Waals surface area contributed by atoms with Crippen LogP contribution in [0.4, 0.5) is 5.82 Å². The van der Waals surface area contributed by atoms with Crippen LogP contribution in [-0.4, -0.2) is 34.6 Å². The molecule has 0 unspecified atom stereocenters. The lowest BCUT2D eigenvalue weighted by atomic mass is 10.2. The molecule has 0 aliphatic heterocycles. The number of thioether (sulfide) groups is 1. The minimum absolute atomic E-state index is 0.0771. The fourth-order valence-electron chi connectivity index (χ4n) is 1.29. The van der Waals surface area contributed by atoms with Crippen molar-refractivity contribution >= 4 is 35.1 Å². The van der Waals surface area contributed by atoms with E-state index in [2.05, 4.69) is 16.6 Å². The summed E-state index contributed by atoms with van der Waals surface area (Å²) in [5.41, 5.74) is 0.0771. The molecule has 1 aromatic heterocycles. The quantitative estimate of drug-likeness (QED) is 0.749. The van der Waals surface area contributed by atoms with Crippen molar-refractivity contribution in [3.8, 4) is 0 Å². The summed E-state index contributed by atoms with van der Waals surface area (Å²) in [6.07, 6.45) is 5.60. The fraction of sp³-hybridized carbons (Fsp3) is 0.455. The van der Waals surface area contributed by atoms with Gasteiger partial charge in [-0.1, -0.05) is 11.6 Å². The third kappa shape index (κ3) is 4.83. The first-order valence-corrected chi connectivity index (χ1v) is 7.04. The lowest BCUT2D eigenvalue weighted by Gasteiger charge is -2.06. The van der Waals surface area contributed by atoms with Crippen LogP contribution in [0, 0.1) is 0 Å². The van der Waals surface area contributed by atoms with Crippen LogP contribution in [0.3, 0.4) is 0 Å². The summed E-state index contributed by atoms with van der Waals surface area (Å²) in [5.74, 6) is 0.648. The van der Waals surface area contributed by atoms with Crippen LogP contribution in [0.25, 0.3) is 0 Å². The van der Waals surface area contributed by atoms with Gasteiger partial charge in [-0.2, -0.15) is 11.8 Å². The average molecular weight is 275 g/mol. The van der Waals surface area contributed by atoms with E-state index in [-0.39, 0.29) is 10.6 Å². The third-order valence-corrected chi connectivity index (χ3v) is 3.17. The van der Waals surface area contributed by atoms with Crippen molar-refractivity contribution in [1.29, 1.82) is 0 Å². The van der Waals surface area contributed by atoms with Crippen molar-refractivity contribution < 1.29 is 9.90 Å². The lowest BCUT2D eigenvalue weighted by Crippen LogP contribution is -2.06. The molecule has 17 heavy (non-hydrogen) atoms. The molecular weight excluding hydrogens is 260 g/mol. The second-order valence-electron chi connectivity index (χ2n) is 3.48. The Morgan fingerprint density at radius 2 is 2.35 bits per heavy atom.